The van der Waals surface area contributed by atoms with Crippen LogP contribution in [0.5, 0.6) is 0 Å². The number of para-hydroxylation sites is 1. The third kappa shape index (κ3) is 5.29. The molecule has 0 aliphatic carbocycles. The van der Waals surface area contributed by atoms with Crippen LogP contribution in [-0.4, -0.2) is 23.6 Å². The summed E-state index contributed by atoms with van der Waals surface area (Å²) in [7, 11) is 0. The van der Waals surface area contributed by atoms with Gasteiger partial charge in [-0.25, -0.2) is 0 Å². The van der Waals surface area contributed by atoms with Gasteiger partial charge in [-0.2, -0.15) is 5.26 Å². The molecule has 0 bridgehead atoms. The van der Waals surface area contributed by atoms with E-state index in [0.717, 1.165) is 22.0 Å². The normalized spacial score (nSPS) is 11.2. The number of carbonyl (C=O) groups excluding carboxylic acids is 1. The van der Waals surface area contributed by atoms with Crippen molar-refractivity contribution in [3.8, 4) is 6.07 Å². The van der Waals surface area contributed by atoms with Gasteiger partial charge >= 0.3 is 0 Å². The minimum atomic E-state index is -0.599. The first-order valence-corrected chi connectivity index (χ1v) is 9.31. The molecule has 0 unspecified atom stereocenters. The molecule has 0 saturated carbocycles. The maximum Gasteiger partial charge on any atom is 0.243 e. The van der Waals surface area contributed by atoms with Crippen molar-refractivity contribution in [2.75, 3.05) is 11.9 Å². The molecular formula is C22H20N4OS. The van der Waals surface area contributed by atoms with E-state index in [1.54, 1.807) is 0 Å². The number of rotatable bonds is 6. The molecule has 3 aromatic carbocycles. The van der Waals surface area contributed by atoms with Crippen LogP contribution in [0.25, 0.3) is 10.8 Å². The zero-order valence-corrected chi connectivity index (χ0v) is 16.0. The number of thiocarbonyl (C=S) groups is 1. The van der Waals surface area contributed by atoms with Crippen LogP contribution >= 0.6 is 12.2 Å². The second-order valence-electron chi connectivity index (χ2n) is 6.28. The van der Waals surface area contributed by atoms with Gasteiger partial charge in [0.15, 0.2) is 5.11 Å². The molecule has 0 aliphatic heterocycles. The minimum Gasteiger partial charge on any atom is -0.350 e. The summed E-state index contributed by atoms with van der Waals surface area (Å²) in [6, 6.07) is 25.0. The van der Waals surface area contributed by atoms with E-state index in [1.165, 1.54) is 0 Å². The molecule has 1 amide bonds. The lowest BCUT2D eigenvalue weighted by Crippen LogP contribution is -2.49. The molecule has 0 saturated heterocycles. The number of hydrogen-bond donors (Lipinski definition) is 3. The number of hydrogen-bond acceptors (Lipinski definition) is 3. The molecule has 0 fully saturated rings. The molecule has 0 aromatic heterocycles. The maximum absolute atomic E-state index is 12.5. The number of benzene rings is 3. The molecule has 140 valence electrons. The number of anilines is 1. The molecule has 1 atom stereocenters. The minimum absolute atomic E-state index is 0.0480. The summed E-state index contributed by atoms with van der Waals surface area (Å²) in [6.45, 7) is -0.0480. The number of amides is 1. The van der Waals surface area contributed by atoms with Crippen molar-refractivity contribution < 1.29 is 4.79 Å². The Hall–Kier alpha value is -3.43. The lowest BCUT2D eigenvalue weighted by atomic mass is 10.0. The van der Waals surface area contributed by atoms with Crippen LogP contribution in [0.4, 0.5) is 5.69 Å². The van der Waals surface area contributed by atoms with Crippen molar-refractivity contribution in [1.82, 2.24) is 10.6 Å². The summed E-state index contributed by atoms with van der Waals surface area (Å²) in [5.41, 5.74) is 1.84. The highest BCUT2D eigenvalue weighted by molar-refractivity contribution is 7.80. The van der Waals surface area contributed by atoms with Crippen molar-refractivity contribution in [2.45, 2.75) is 12.5 Å². The first kappa shape index (κ1) is 19.3. The third-order valence-corrected chi connectivity index (χ3v) is 4.47. The van der Waals surface area contributed by atoms with E-state index in [-0.39, 0.29) is 12.5 Å². The Bertz CT molecular complexity index is 1010. The molecule has 3 aromatic rings. The molecule has 5 nitrogen and oxygen atoms in total. The van der Waals surface area contributed by atoms with Gasteiger partial charge in [0.25, 0.3) is 0 Å². The van der Waals surface area contributed by atoms with Crippen LogP contribution in [0.2, 0.25) is 0 Å². The SMILES string of the molecule is N#CCNC(=O)[C@H](Cc1ccc2ccccc2c1)NC(=S)Nc1ccccc1. The fraction of sp³-hybridized carbons (Fsp3) is 0.136. The summed E-state index contributed by atoms with van der Waals surface area (Å²) in [6.07, 6.45) is 0.443. The van der Waals surface area contributed by atoms with E-state index in [2.05, 4.69) is 22.0 Å². The van der Waals surface area contributed by atoms with Gasteiger partial charge in [-0.3, -0.25) is 4.79 Å². The van der Waals surface area contributed by atoms with Crippen LogP contribution in [0.3, 0.4) is 0 Å². The maximum atomic E-state index is 12.5. The lowest BCUT2D eigenvalue weighted by molar-refractivity contribution is -0.122. The Kier molecular flexibility index (Phi) is 6.55. The topological polar surface area (TPSA) is 77.0 Å². The fourth-order valence-corrected chi connectivity index (χ4v) is 3.17. The van der Waals surface area contributed by atoms with E-state index >= 15 is 0 Å². The van der Waals surface area contributed by atoms with Crippen LogP contribution in [0.15, 0.2) is 72.8 Å². The lowest BCUT2D eigenvalue weighted by Gasteiger charge is -2.20. The summed E-state index contributed by atoms with van der Waals surface area (Å²) < 4.78 is 0. The van der Waals surface area contributed by atoms with Gasteiger partial charge in [-0.1, -0.05) is 60.7 Å². The largest absolute Gasteiger partial charge is 0.350 e. The highest BCUT2D eigenvalue weighted by Gasteiger charge is 2.20. The summed E-state index contributed by atoms with van der Waals surface area (Å²) >= 11 is 5.37. The Labute approximate surface area is 169 Å². The highest BCUT2D eigenvalue weighted by Crippen LogP contribution is 2.17. The number of fused-ring (bicyclic) bond motifs is 1. The fourth-order valence-electron chi connectivity index (χ4n) is 2.91. The molecule has 6 heteroatoms. The van der Waals surface area contributed by atoms with Gasteiger partial charge in [0.1, 0.15) is 12.6 Å². The number of nitriles is 1. The highest BCUT2D eigenvalue weighted by atomic mass is 32.1. The average Bonchev–Trinajstić information content (AvgIpc) is 2.72. The van der Waals surface area contributed by atoms with Crippen molar-refractivity contribution in [2.24, 2.45) is 0 Å². The second kappa shape index (κ2) is 9.49. The number of nitrogens with one attached hydrogen (secondary N) is 3. The Morgan fingerprint density at radius 3 is 2.46 bits per heavy atom. The van der Waals surface area contributed by atoms with Crippen molar-refractivity contribution in [3.05, 3.63) is 78.4 Å². The third-order valence-electron chi connectivity index (χ3n) is 4.25. The molecule has 0 heterocycles. The van der Waals surface area contributed by atoms with Gasteiger partial charge in [0, 0.05) is 12.1 Å². The van der Waals surface area contributed by atoms with Gasteiger partial charge < -0.3 is 16.0 Å². The molecular weight excluding hydrogens is 368 g/mol. The predicted molar refractivity (Wildman–Crippen MR) is 116 cm³/mol. The Morgan fingerprint density at radius 1 is 1.00 bits per heavy atom. The average molecular weight is 388 g/mol. The van der Waals surface area contributed by atoms with Crippen molar-refractivity contribution >= 4 is 39.7 Å². The van der Waals surface area contributed by atoms with E-state index in [9.17, 15) is 4.79 Å². The van der Waals surface area contributed by atoms with Gasteiger partial charge in [-0.15, -0.1) is 0 Å². The first-order chi connectivity index (χ1) is 13.7. The zero-order valence-electron chi connectivity index (χ0n) is 15.2. The van der Waals surface area contributed by atoms with Gasteiger partial charge in [0.2, 0.25) is 5.91 Å². The van der Waals surface area contributed by atoms with E-state index < -0.39 is 6.04 Å². The Morgan fingerprint density at radius 2 is 1.71 bits per heavy atom. The Balaban J connectivity index is 1.74. The molecule has 3 rings (SSSR count). The predicted octanol–water partition coefficient (Wildman–Crippen LogP) is 3.38. The van der Waals surface area contributed by atoms with Gasteiger partial charge in [0.05, 0.1) is 6.07 Å². The summed E-state index contributed by atoms with van der Waals surface area (Å²) in [4.78, 5) is 12.5. The summed E-state index contributed by atoms with van der Waals surface area (Å²) in [5.74, 6) is -0.271. The van der Waals surface area contributed by atoms with Crippen LogP contribution in [0.1, 0.15) is 5.56 Å². The molecule has 28 heavy (non-hydrogen) atoms. The smallest absolute Gasteiger partial charge is 0.243 e. The van der Waals surface area contributed by atoms with E-state index in [4.69, 9.17) is 17.5 Å². The second-order valence-corrected chi connectivity index (χ2v) is 6.69. The van der Waals surface area contributed by atoms with Crippen molar-refractivity contribution in [1.29, 1.82) is 5.26 Å². The molecule has 3 N–H and O–H groups in total. The van der Waals surface area contributed by atoms with Crippen molar-refractivity contribution in [3.63, 3.8) is 0 Å². The summed E-state index contributed by atoms with van der Waals surface area (Å²) in [5, 5.41) is 20.1. The van der Waals surface area contributed by atoms with Crippen LogP contribution in [0, 0.1) is 11.3 Å². The molecule has 0 aliphatic rings. The van der Waals surface area contributed by atoms with Crippen LogP contribution in [-0.2, 0) is 11.2 Å². The molecule has 0 spiro atoms. The number of carbonyl (C=O) groups is 1. The molecule has 0 radical (unpaired) electrons. The van der Waals surface area contributed by atoms with E-state index in [0.29, 0.717) is 11.5 Å². The monoisotopic (exact) mass is 388 g/mol. The quantitative estimate of drug-likeness (QED) is 0.446. The van der Waals surface area contributed by atoms with E-state index in [1.807, 2.05) is 72.8 Å². The zero-order chi connectivity index (χ0) is 19.8. The standard InChI is InChI=1S/C22H20N4OS/c23-12-13-24-21(27)20(26-22(28)25-19-8-2-1-3-9-19)15-16-10-11-17-6-4-5-7-18(17)14-16/h1-11,14,20H,13,15H2,(H,24,27)(H2,25,26,28)/t20-/m0/s1. The first-order valence-electron chi connectivity index (χ1n) is 8.90. The number of nitrogens with zero attached hydrogens (tertiary/aromatic N) is 1. The van der Waals surface area contributed by atoms with Crippen LogP contribution < -0.4 is 16.0 Å². The van der Waals surface area contributed by atoms with Gasteiger partial charge in [-0.05, 0) is 40.7 Å².